The van der Waals surface area contributed by atoms with Crippen LogP contribution in [0.3, 0.4) is 0 Å². The molecule has 0 fully saturated rings. The Balaban J connectivity index is 4.38. The summed E-state index contributed by atoms with van der Waals surface area (Å²) in [6.07, 6.45) is -3.32. The van der Waals surface area contributed by atoms with Gasteiger partial charge in [0.25, 0.3) is 10.1 Å². The molecule has 3 atom stereocenters. The standard InChI is InChI=1S/C4H10O6S/c1-2(5)3(6)4(7)11(8,9)10/h2-7H,1H3,(H,8,9,10). The molecule has 0 saturated heterocycles. The van der Waals surface area contributed by atoms with Crippen molar-refractivity contribution in [2.24, 2.45) is 0 Å². The zero-order valence-corrected chi connectivity index (χ0v) is 6.56. The highest BCUT2D eigenvalue weighted by Gasteiger charge is 2.31. The molecule has 0 aliphatic heterocycles. The van der Waals surface area contributed by atoms with Gasteiger partial charge in [-0.2, -0.15) is 8.42 Å². The van der Waals surface area contributed by atoms with Crippen LogP contribution in [0.15, 0.2) is 0 Å². The summed E-state index contributed by atoms with van der Waals surface area (Å²) in [7, 11) is -4.70. The molecular formula is C4H10O6S. The molecule has 0 aliphatic carbocycles. The van der Waals surface area contributed by atoms with Crippen LogP contribution in [0.2, 0.25) is 0 Å². The number of aliphatic hydroxyl groups excluding tert-OH is 3. The second-order valence-corrected chi connectivity index (χ2v) is 3.65. The van der Waals surface area contributed by atoms with Crippen LogP contribution in [-0.2, 0) is 10.1 Å². The van der Waals surface area contributed by atoms with E-state index in [4.69, 9.17) is 19.9 Å². The largest absolute Gasteiger partial charge is 0.391 e. The highest BCUT2D eigenvalue weighted by atomic mass is 32.2. The van der Waals surface area contributed by atoms with Crippen LogP contribution in [0.4, 0.5) is 0 Å². The molecule has 3 unspecified atom stereocenters. The van der Waals surface area contributed by atoms with Gasteiger partial charge in [0.15, 0.2) is 0 Å². The van der Waals surface area contributed by atoms with Crippen molar-refractivity contribution in [3.63, 3.8) is 0 Å². The molecule has 11 heavy (non-hydrogen) atoms. The zero-order chi connectivity index (χ0) is 9.23. The fourth-order valence-corrected chi connectivity index (χ4v) is 0.994. The lowest BCUT2D eigenvalue weighted by molar-refractivity contribution is -0.0233. The molecule has 0 radical (unpaired) electrons. The van der Waals surface area contributed by atoms with E-state index in [1.54, 1.807) is 0 Å². The minimum atomic E-state index is -4.70. The van der Waals surface area contributed by atoms with Crippen LogP contribution in [0.1, 0.15) is 6.92 Å². The topological polar surface area (TPSA) is 115 Å². The van der Waals surface area contributed by atoms with Gasteiger partial charge < -0.3 is 15.3 Å². The number of rotatable bonds is 3. The van der Waals surface area contributed by atoms with Crippen molar-refractivity contribution in [1.82, 2.24) is 0 Å². The molecule has 0 aliphatic rings. The fourth-order valence-electron chi connectivity index (χ4n) is 0.414. The molecule has 0 aromatic carbocycles. The van der Waals surface area contributed by atoms with Crippen molar-refractivity contribution in [2.75, 3.05) is 0 Å². The van der Waals surface area contributed by atoms with E-state index in [0.717, 1.165) is 6.92 Å². The quantitative estimate of drug-likeness (QED) is 0.376. The maximum atomic E-state index is 10.1. The fraction of sp³-hybridized carbons (Fsp3) is 1.00. The van der Waals surface area contributed by atoms with Gasteiger partial charge in [0.2, 0.25) is 5.44 Å². The number of hydrogen-bond acceptors (Lipinski definition) is 5. The van der Waals surface area contributed by atoms with Crippen LogP contribution in [0.5, 0.6) is 0 Å². The highest BCUT2D eigenvalue weighted by Crippen LogP contribution is 2.04. The van der Waals surface area contributed by atoms with Gasteiger partial charge >= 0.3 is 0 Å². The minimum Gasteiger partial charge on any atom is -0.391 e. The summed E-state index contributed by atoms with van der Waals surface area (Å²) in [6, 6.07) is 0. The molecule has 0 saturated carbocycles. The Bertz CT molecular complexity index is 207. The third-order valence-corrected chi connectivity index (χ3v) is 1.98. The van der Waals surface area contributed by atoms with E-state index in [2.05, 4.69) is 0 Å². The van der Waals surface area contributed by atoms with Crippen LogP contribution >= 0.6 is 0 Å². The lowest BCUT2D eigenvalue weighted by Gasteiger charge is -2.16. The van der Waals surface area contributed by atoms with Crippen LogP contribution < -0.4 is 0 Å². The lowest BCUT2D eigenvalue weighted by Crippen LogP contribution is -2.40. The van der Waals surface area contributed by atoms with Gasteiger partial charge in [-0.1, -0.05) is 0 Å². The van der Waals surface area contributed by atoms with Crippen molar-refractivity contribution in [2.45, 2.75) is 24.6 Å². The minimum absolute atomic E-state index is 1.08. The number of aliphatic hydroxyl groups is 3. The maximum absolute atomic E-state index is 10.1. The lowest BCUT2D eigenvalue weighted by atomic mass is 10.2. The van der Waals surface area contributed by atoms with Gasteiger partial charge in [0, 0.05) is 0 Å². The van der Waals surface area contributed by atoms with Crippen molar-refractivity contribution in [3.05, 3.63) is 0 Å². The Hall–Kier alpha value is -0.210. The van der Waals surface area contributed by atoms with Crippen molar-refractivity contribution < 1.29 is 28.3 Å². The Morgan fingerprint density at radius 3 is 1.64 bits per heavy atom. The first kappa shape index (κ1) is 10.8. The molecule has 0 aromatic rings. The Morgan fingerprint density at radius 1 is 1.18 bits per heavy atom. The average molecular weight is 186 g/mol. The van der Waals surface area contributed by atoms with E-state index >= 15 is 0 Å². The molecule has 6 nitrogen and oxygen atoms in total. The Kier molecular flexibility index (Phi) is 3.39. The molecule has 0 amide bonds. The van der Waals surface area contributed by atoms with E-state index in [0.29, 0.717) is 0 Å². The first-order valence-electron chi connectivity index (χ1n) is 2.77. The summed E-state index contributed by atoms with van der Waals surface area (Å²) in [4.78, 5) is 0. The molecule has 0 spiro atoms. The molecule has 4 N–H and O–H groups in total. The zero-order valence-electron chi connectivity index (χ0n) is 5.75. The van der Waals surface area contributed by atoms with E-state index < -0.39 is 27.8 Å². The number of hydrogen-bond donors (Lipinski definition) is 4. The highest BCUT2D eigenvalue weighted by molar-refractivity contribution is 7.86. The predicted molar refractivity (Wildman–Crippen MR) is 35.2 cm³/mol. The first-order valence-corrected chi connectivity index (χ1v) is 4.27. The van der Waals surface area contributed by atoms with Gasteiger partial charge in [-0.25, -0.2) is 0 Å². The molecule has 0 aromatic heterocycles. The Morgan fingerprint density at radius 2 is 1.55 bits per heavy atom. The maximum Gasteiger partial charge on any atom is 0.294 e. The second kappa shape index (κ2) is 3.46. The second-order valence-electron chi connectivity index (χ2n) is 2.14. The van der Waals surface area contributed by atoms with Crippen molar-refractivity contribution in [1.29, 1.82) is 0 Å². The van der Waals surface area contributed by atoms with Gasteiger partial charge in [0.1, 0.15) is 6.10 Å². The summed E-state index contributed by atoms with van der Waals surface area (Å²) in [5, 5.41) is 25.8. The summed E-state index contributed by atoms with van der Waals surface area (Å²) in [5.41, 5.74) is -2.36. The van der Waals surface area contributed by atoms with E-state index in [1.165, 1.54) is 0 Å². The van der Waals surface area contributed by atoms with E-state index in [1.807, 2.05) is 0 Å². The molecule has 0 bridgehead atoms. The van der Waals surface area contributed by atoms with Gasteiger partial charge in [0.05, 0.1) is 6.10 Å². The third kappa shape index (κ3) is 3.12. The summed E-state index contributed by atoms with van der Waals surface area (Å²) in [5.74, 6) is 0. The summed E-state index contributed by atoms with van der Waals surface area (Å²) >= 11 is 0. The normalized spacial score (nSPS) is 20.8. The van der Waals surface area contributed by atoms with Crippen LogP contribution in [0.25, 0.3) is 0 Å². The summed E-state index contributed by atoms with van der Waals surface area (Å²) in [6.45, 7) is 1.08. The monoisotopic (exact) mass is 186 g/mol. The predicted octanol–water partition coefficient (Wildman–Crippen LogP) is -2.07. The van der Waals surface area contributed by atoms with Crippen LogP contribution in [-0.4, -0.2) is 45.9 Å². The first-order chi connectivity index (χ1) is 4.76. The average Bonchev–Trinajstić information content (AvgIpc) is 1.82. The molecular weight excluding hydrogens is 176 g/mol. The SMILES string of the molecule is CC(O)C(O)C(O)S(=O)(=O)O. The van der Waals surface area contributed by atoms with Gasteiger partial charge in [-0.05, 0) is 6.92 Å². The van der Waals surface area contributed by atoms with Gasteiger partial charge in [-0.15, -0.1) is 0 Å². The molecule has 7 heteroatoms. The third-order valence-electron chi connectivity index (χ3n) is 1.09. The molecule has 0 rings (SSSR count). The van der Waals surface area contributed by atoms with Gasteiger partial charge in [-0.3, -0.25) is 4.55 Å². The van der Waals surface area contributed by atoms with Crippen LogP contribution in [0, 0.1) is 0 Å². The van der Waals surface area contributed by atoms with E-state index in [9.17, 15) is 8.42 Å². The van der Waals surface area contributed by atoms with Crippen molar-refractivity contribution >= 4 is 10.1 Å². The smallest absolute Gasteiger partial charge is 0.294 e. The van der Waals surface area contributed by atoms with E-state index in [-0.39, 0.29) is 0 Å². The summed E-state index contributed by atoms with van der Waals surface area (Å²) < 4.78 is 28.4. The Labute approximate surface area is 63.8 Å². The molecule has 0 heterocycles. The molecule has 68 valence electrons. The van der Waals surface area contributed by atoms with Crippen molar-refractivity contribution in [3.8, 4) is 0 Å².